The zero-order valence-electron chi connectivity index (χ0n) is 10.2. The van der Waals surface area contributed by atoms with Gasteiger partial charge < -0.3 is 15.2 Å². The number of rotatable bonds is 6. The molecular weight excluding hydrogens is 202 g/mol. The Morgan fingerprint density at radius 2 is 2.12 bits per heavy atom. The molecule has 0 fully saturated rings. The van der Waals surface area contributed by atoms with Crippen molar-refractivity contribution in [2.45, 2.75) is 32.9 Å². The first-order valence-corrected chi connectivity index (χ1v) is 5.68. The first-order chi connectivity index (χ1) is 7.61. The Morgan fingerprint density at radius 1 is 1.38 bits per heavy atom. The topological polar surface area (TPSA) is 41.5 Å². The lowest BCUT2D eigenvalue weighted by atomic mass is 10.2. The first kappa shape index (κ1) is 13.0. The number of benzene rings is 1. The van der Waals surface area contributed by atoms with Gasteiger partial charge in [-0.25, -0.2) is 0 Å². The van der Waals surface area contributed by atoms with Gasteiger partial charge in [0.05, 0.1) is 12.6 Å². The number of aliphatic hydroxyl groups is 1. The molecule has 0 saturated carbocycles. The van der Waals surface area contributed by atoms with Crippen LogP contribution < -0.4 is 10.1 Å². The number of hydrogen-bond acceptors (Lipinski definition) is 3. The molecule has 0 heterocycles. The number of aliphatic hydroxyl groups excluding tert-OH is 1. The van der Waals surface area contributed by atoms with Gasteiger partial charge in [0.1, 0.15) is 12.4 Å². The molecule has 0 aliphatic rings. The lowest BCUT2D eigenvalue weighted by molar-refractivity contribution is 0.177. The standard InChI is InChI=1S/C13H21NO2/c1-10(2)14-12(8-15)9-16-13-6-4-5-11(3)7-13/h4-7,10,12,14-15H,8-9H2,1-3H3/t12-/m1/s1. The normalized spacial score (nSPS) is 12.8. The van der Waals surface area contributed by atoms with E-state index in [1.807, 2.05) is 31.2 Å². The van der Waals surface area contributed by atoms with Gasteiger partial charge in [-0.3, -0.25) is 0 Å². The third-order valence-electron chi connectivity index (χ3n) is 2.23. The third-order valence-corrected chi connectivity index (χ3v) is 2.23. The van der Waals surface area contributed by atoms with Crippen molar-refractivity contribution in [3.8, 4) is 5.75 Å². The molecule has 0 bridgehead atoms. The Kier molecular flexibility index (Phi) is 5.29. The minimum atomic E-state index is -0.0134. The van der Waals surface area contributed by atoms with Gasteiger partial charge >= 0.3 is 0 Å². The molecule has 1 atom stereocenters. The van der Waals surface area contributed by atoms with Crippen molar-refractivity contribution < 1.29 is 9.84 Å². The van der Waals surface area contributed by atoms with E-state index >= 15 is 0 Å². The van der Waals surface area contributed by atoms with Crippen LogP contribution in [-0.4, -0.2) is 30.4 Å². The van der Waals surface area contributed by atoms with Crippen molar-refractivity contribution in [2.75, 3.05) is 13.2 Å². The monoisotopic (exact) mass is 223 g/mol. The highest BCUT2D eigenvalue weighted by atomic mass is 16.5. The smallest absolute Gasteiger partial charge is 0.119 e. The van der Waals surface area contributed by atoms with Gasteiger partial charge in [-0.05, 0) is 24.6 Å². The van der Waals surface area contributed by atoms with Gasteiger partial charge in [-0.15, -0.1) is 0 Å². The van der Waals surface area contributed by atoms with Gasteiger partial charge in [0.25, 0.3) is 0 Å². The second kappa shape index (κ2) is 6.51. The Morgan fingerprint density at radius 3 is 2.69 bits per heavy atom. The molecule has 16 heavy (non-hydrogen) atoms. The summed E-state index contributed by atoms with van der Waals surface area (Å²) in [7, 11) is 0. The van der Waals surface area contributed by atoms with E-state index in [0.717, 1.165) is 5.75 Å². The van der Waals surface area contributed by atoms with Gasteiger partial charge in [0, 0.05) is 6.04 Å². The molecule has 3 heteroatoms. The molecule has 0 spiro atoms. The lowest BCUT2D eigenvalue weighted by Gasteiger charge is -2.19. The highest BCUT2D eigenvalue weighted by Gasteiger charge is 2.09. The number of aryl methyl sites for hydroxylation is 1. The fraction of sp³-hybridized carbons (Fsp3) is 0.538. The molecule has 0 radical (unpaired) electrons. The maximum atomic E-state index is 9.17. The lowest BCUT2D eigenvalue weighted by Crippen LogP contribution is -2.41. The predicted molar refractivity (Wildman–Crippen MR) is 65.8 cm³/mol. The summed E-state index contributed by atoms with van der Waals surface area (Å²) in [6.45, 7) is 6.70. The zero-order valence-corrected chi connectivity index (χ0v) is 10.2. The van der Waals surface area contributed by atoms with E-state index in [1.54, 1.807) is 0 Å². The largest absolute Gasteiger partial charge is 0.492 e. The van der Waals surface area contributed by atoms with Crippen LogP contribution in [0.5, 0.6) is 5.75 Å². The molecule has 1 aromatic rings. The van der Waals surface area contributed by atoms with Crippen molar-refractivity contribution in [3.05, 3.63) is 29.8 Å². The van der Waals surface area contributed by atoms with Crippen LogP contribution in [0.3, 0.4) is 0 Å². The summed E-state index contributed by atoms with van der Waals surface area (Å²) in [6.07, 6.45) is 0. The molecule has 0 aromatic heterocycles. The molecule has 0 aliphatic carbocycles. The third kappa shape index (κ3) is 4.64. The second-order valence-electron chi connectivity index (χ2n) is 4.33. The fourth-order valence-corrected chi connectivity index (χ4v) is 1.53. The van der Waals surface area contributed by atoms with E-state index in [1.165, 1.54) is 5.56 Å². The average Bonchev–Trinajstić information content (AvgIpc) is 2.24. The average molecular weight is 223 g/mol. The predicted octanol–water partition coefficient (Wildman–Crippen LogP) is 1.73. The molecule has 0 unspecified atom stereocenters. The summed E-state index contributed by atoms with van der Waals surface area (Å²) in [5.74, 6) is 0.851. The molecule has 1 aromatic carbocycles. The fourth-order valence-electron chi connectivity index (χ4n) is 1.53. The van der Waals surface area contributed by atoms with Crippen LogP contribution >= 0.6 is 0 Å². The van der Waals surface area contributed by atoms with E-state index < -0.39 is 0 Å². The van der Waals surface area contributed by atoms with Gasteiger partial charge in [-0.1, -0.05) is 26.0 Å². The second-order valence-corrected chi connectivity index (χ2v) is 4.33. The van der Waals surface area contributed by atoms with Crippen molar-refractivity contribution >= 4 is 0 Å². The van der Waals surface area contributed by atoms with Crippen LogP contribution in [0.25, 0.3) is 0 Å². The SMILES string of the molecule is Cc1cccc(OC[C@@H](CO)NC(C)C)c1. The molecular formula is C13H21NO2. The molecule has 1 rings (SSSR count). The van der Waals surface area contributed by atoms with Crippen LogP contribution in [0.4, 0.5) is 0 Å². The number of hydrogen-bond donors (Lipinski definition) is 2. The molecule has 2 N–H and O–H groups in total. The summed E-state index contributed by atoms with van der Waals surface area (Å²) >= 11 is 0. The summed E-state index contributed by atoms with van der Waals surface area (Å²) in [5.41, 5.74) is 1.18. The summed E-state index contributed by atoms with van der Waals surface area (Å²) < 4.78 is 5.62. The maximum absolute atomic E-state index is 9.17. The van der Waals surface area contributed by atoms with Crippen LogP contribution in [0.15, 0.2) is 24.3 Å². The zero-order chi connectivity index (χ0) is 12.0. The summed E-state index contributed by atoms with van der Waals surface area (Å²) in [6, 6.07) is 8.25. The van der Waals surface area contributed by atoms with Gasteiger partial charge in [0.2, 0.25) is 0 Å². The van der Waals surface area contributed by atoms with Crippen LogP contribution in [0, 0.1) is 6.92 Å². The first-order valence-electron chi connectivity index (χ1n) is 5.68. The van der Waals surface area contributed by atoms with Crippen LogP contribution in [0.1, 0.15) is 19.4 Å². The van der Waals surface area contributed by atoms with Crippen molar-refractivity contribution in [3.63, 3.8) is 0 Å². The highest BCUT2D eigenvalue weighted by molar-refractivity contribution is 5.27. The van der Waals surface area contributed by atoms with E-state index in [-0.39, 0.29) is 12.6 Å². The Balaban J connectivity index is 2.43. The highest BCUT2D eigenvalue weighted by Crippen LogP contribution is 2.12. The number of nitrogens with one attached hydrogen (secondary N) is 1. The van der Waals surface area contributed by atoms with Gasteiger partial charge in [-0.2, -0.15) is 0 Å². The van der Waals surface area contributed by atoms with Crippen molar-refractivity contribution in [1.82, 2.24) is 5.32 Å². The minimum absolute atomic E-state index is 0.0134. The molecule has 0 amide bonds. The molecule has 90 valence electrons. The molecule has 3 nitrogen and oxygen atoms in total. The number of ether oxygens (including phenoxy) is 1. The van der Waals surface area contributed by atoms with Gasteiger partial charge in [0.15, 0.2) is 0 Å². The summed E-state index contributed by atoms with van der Waals surface area (Å²) in [4.78, 5) is 0. The van der Waals surface area contributed by atoms with E-state index in [2.05, 4.69) is 19.2 Å². The van der Waals surface area contributed by atoms with E-state index in [9.17, 15) is 0 Å². The Bertz CT molecular complexity index is 313. The van der Waals surface area contributed by atoms with Crippen LogP contribution in [-0.2, 0) is 0 Å². The quantitative estimate of drug-likeness (QED) is 0.771. The van der Waals surface area contributed by atoms with Crippen molar-refractivity contribution in [2.24, 2.45) is 0 Å². The summed E-state index contributed by atoms with van der Waals surface area (Å²) in [5, 5.41) is 12.4. The Hall–Kier alpha value is -1.06. The molecule has 0 aliphatic heterocycles. The Labute approximate surface area is 97.4 Å². The maximum Gasteiger partial charge on any atom is 0.119 e. The van der Waals surface area contributed by atoms with Crippen LogP contribution in [0.2, 0.25) is 0 Å². The van der Waals surface area contributed by atoms with E-state index in [4.69, 9.17) is 9.84 Å². The van der Waals surface area contributed by atoms with E-state index in [0.29, 0.717) is 12.6 Å². The van der Waals surface area contributed by atoms with Crippen molar-refractivity contribution in [1.29, 1.82) is 0 Å². The molecule has 0 saturated heterocycles. The minimum Gasteiger partial charge on any atom is -0.492 e.